The van der Waals surface area contributed by atoms with Crippen molar-refractivity contribution in [3.8, 4) is 0 Å². The summed E-state index contributed by atoms with van der Waals surface area (Å²) in [7, 11) is -7.62. The molecule has 0 aliphatic heterocycles. The molecule has 4 amide bonds. The van der Waals surface area contributed by atoms with Gasteiger partial charge >= 0.3 is 0 Å². The van der Waals surface area contributed by atoms with Crippen molar-refractivity contribution in [2.24, 2.45) is 23.7 Å². The number of pyridine rings is 2. The van der Waals surface area contributed by atoms with E-state index in [-0.39, 0.29) is 25.7 Å². The first-order valence-electron chi connectivity index (χ1n) is 24.5. The molecule has 2 aromatic heterocycles. The number of carbonyl (C=O) groups excluding carboxylic acids is 4. The maximum Gasteiger partial charge on any atom is 0.243 e. The molecule has 0 fully saturated rings. The van der Waals surface area contributed by atoms with Crippen LogP contribution in [0.4, 0.5) is 0 Å². The van der Waals surface area contributed by atoms with Crippen LogP contribution in [-0.2, 0) is 64.5 Å². The average molecular weight is 1030 g/mol. The zero-order chi connectivity index (χ0) is 53.6. The molecular formula is C54H76N6O10S2. The highest BCUT2D eigenvalue weighted by Gasteiger charge is 2.41. The summed E-state index contributed by atoms with van der Waals surface area (Å²) in [6, 6.07) is 19.8. The van der Waals surface area contributed by atoms with Crippen molar-refractivity contribution < 1.29 is 46.2 Å². The standard InChI is InChI=1S/C54H76N6O10S2/c1-35(2)45(59-49(63)41(29-39-21-25-55-26-22-39)33-71(67,68)53(5,6)7)51(65)57-43(31-37-17-13-11-14-18-37)47(61)48(62)44(32-38-19-15-12-16-20-38)58-52(66)46(36(3)4)60-50(64)42(30-40-23-27-56-28-24-40)34-72(69,70)54(8,9)10/h11-28,35-36,41-48,61-62H,29-34H2,1-10H3,(H,57,65)(H,58,66)(H,59,63)(H,60,64)/t41-,42-,43+,44+,45+,46+,47-,48-/m1/s1. The van der Waals surface area contributed by atoms with Crippen LogP contribution < -0.4 is 21.3 Å². The van der Waals surface area contributed by atoms with Crippen molar-refractivity contribution in [3.63, 3.8) is 0 Å². The van der Waals surface area contributed by atoms with Crippen molar-refractivity contribution in [1.82, 2.24) is 31.2 Å². The molecule has 4 rings (SSSR count). The number of aliphatic hydroxyl groups excluding tert-OH is 2. The van der Waals surface area contributed by atoms with Crippen LogP contribution in [0.2, 0.25) is 0 Å². The number of amides is 4. The number of rotatable bonds is 25. The Labute approximate surface area is 426 Å². The lowest BCUT2D eigenvalue weighted by molar-refractivity contribution is -0.134. The number of carbonyl (C=O) groups is 4. The Kier molecular flexibility index (Phi) is 21.2. The van der Waals surface area contributed by atoms with E-state index in [2.05, 4.69) is 31.2 Å². The molecule has 6 N–H and O–H groups in total. The van der Waals surface area contributed by atoms with Crippen molar-refractivity contribution in [2.75, 3.05) is 11.5 Å². The molecule has 18 heteroatoms. The van der Waals surface area contributed by atoms with Crippen LogP contribution in [0.5, 0.6) is 0 Å². The third kappa shape index (κ3) is 17.3. The average Bonchev–Trinajstić information content (AvgIpc) is 3.31. The minimum absolute atomic E-state index is 0.00504. The van der Waals surface area contributed by atoms with Gasteiger partial charge in [-0.25, -0.2) is 16.8 Å². The SMILES string of the molecule is CC(C)[C@H](NC(=O)[C@H](Cc1ccncc1)CS(=O)(=O)C(C)(C)C)C(=O)N[C@@H](Cc1ccccc1)[C@@H](O)[C@H](O)[C@H](Cc1ccccc1)NC(=O)[C@@H](NC(=O)[C@H](Cc1ccncc1)CS(=O)(=O)C(C)(C)C)C(C)C. The van der Waals surface area contributed by atoms with Crippen LogP contribution in [0.1, 0.15) is 91.5 Å². The molecule has 0 spiro atoms. The quantitative estimate of drug-likeness (QED) is 0.0542. The highest BCUT2D eigenvalue weighted by molar-refractivity contribution is 7.93. The molecule has 394 valence electrons. The second-order valence-corrected chi connectivity index (χ2v) is 26.9. The summed E-state index contributed by atoms with van der Waals surface area (Å²) in [5.74, 6) is -6.91. The van der Waals surface area contributed by atoms with Gasteiger partial charge in [-0.3, -0.25) is 29.1 Å². The van der Waals surface area contributed by atoms with E-state index in [0.29, 0.717) is 22.3 Å². The number of aliphatic hydroxyl groups is 2. The van der Waals surface area contributed by atoms with Gasteiger partial charge in [-0.2, -0.15) is 0 Å². The second kappa shape index (κ2) is 25.9. The smallest absolute Gasteiger partial charge is 0.243 e. The monoisotopic (exact) mass is 1030 g/mol. The number of hydrogen-bond donors (Lipinski definition) is 6. The van der Waals surface area contributed by atoms with E-state index in [4.69, 9.17) is 0 Å². The summed E-state index contributed by atoms with van der Waals surface area (Å²) in [4.78, 5) is 65.4. The fraction of sp³-hybridized carbons (Fsp3) is 0.519. The summed E-state index contributed by atoms with van der Waals surface area (Å²) < 4.78 is 51.7. The Bertz CT molecular complexity index is 2410. The van der Waals surface area contributed by atoms with Crippen LogP contribution in [0.3, 0.4) is 0 Å². The predicted molar refractivity (Wildman–Crippen MR) is 280 cm³/mol. The molecule has 0 saturated carbocycles. The van der Waals surface area contributed by atoms with Crippen LogP contribution in [0.15, 0.2) is 110 Å². The molecule has 8 atom stereocenters. The van der Waals surface area contributed by atoms with Gasteiger partial charge in [0.05, 0.1) is 44.9 Å². The van der Waals surface area contributed by atoms with Gasteiger partial charge in [0.1, 0.15) is 24.3 Å². The van der Waals surface area contributed by atoms with E-state index in [9.17, 15) is 46.2 Å². The first kappa shape index (κ1) is 59.0. The van der Waals surface area contributed by atoms with Crippen molar-refractivity contribution in [1.29, 1.82) is 0 Å². The Hall–Kier alpha value is -5.56. The summed E-state index contributed by atoms with van der Waals surface area (Å²) in [5.41, 5.74) is 2.72. The molecule has 72 heavy (non-hydrogen) atoms. The highest BCUT2D eigenvalue weighted by Crippen LogP contribution is 2.24. The maximum atomic E-state index is 14.5. The Morgan fingerprint density at radius 3 is 1.03 bits per heavy atom. The van der Waals surface area contributed by atoms with Crippen molar-refractivity contribution >= 4 is 43.3 Å². The number of nitrogens with one attached hydrogen (secondary N) is 4. The first-order chi connectivity index (χ1) is 33.6. The molecule has 16 nitrogen and oxygen atoms in total. The number of nitrogens with zero attached hydrogens (tertiary/aromatic N) is 2. The maximum absolute atomic E-state index is 14.5. The zero-order valence-electron chi connectivity index (χ0n) is 43.3. The molecule has 0 saturated heterocycles. The Morgan fingerprint density at radius 2 is 0.750 bits per heavy atom. The third-order valence-corrected chi connectivity index (χ3v) is 18.2. The summed E-state index contributed by atoms with van der Waals surface area (Å²) >= 11 is 0. The number of aromatic nitrogens is 2. The van der Waals surface area contributed by atoms with E-state index in [1.54, 1.807) is 179 Å². The highest BCUT2D eigenvalue weighted by atomic mass is 32.2. The van der Waals surface area contributed by atoms with Gasteiger partial charge in [-0.05, 0) is 126 Å². The van der Waals surface area contributed by atoms with E-state index in [1.165, 1.54) is 0 Å². The molecule has 0 aliphatic carbocycles. The lowest BCUT2D eigenvalue weighted by Crippen LogP contribution is -2.62. The van der Waals surface area contributed by atoms with E-state index >= 15 is 0 Å². The zero-order valence-corrected chi connectivity index (χ0v) is 44.9. The van der Waals surface area contributed by atoms with Crippen LogP contribution >= 0.6 is 0 Å². The normalized spacial score (nSPS) is 15.8. The van der Waals surface area contributed by atoms with Crippen molar-refractivity contribution in [2.45, 2.75) is 141 Å². The third-order valence-electron chi connectivity index (χ3n) is 12.8. The molecule has 4 aromatic rings. The molecule has 0 bridgehead atoms. The van der Waals surface area contributed by atoms with Crippen LogP contribution in [-0.4, -0.2) is 118 Å². The largest absolute Gasteiger partial charge is 0.388 e. The lowest BCUT2D eigenvalue weighted by atomic mass is 9.90. The molecule has 0 radical (unpaired) electrons. The fourth-order valence-electron chi connectivity index (χ4n) is 7.97. The molecular weight excluding hydrogens is 957 g/mol. The predicted octanol–water partition coefficient (Wildman–Crippen LogP) is 4.38. The summed E-state index contributed by atoms with van der Waals surface area (Å²) in [6.07, 6.45) is 2.80. The van der Waals surface area contributed by atoms with Gasteiger partial charge in [0.2, 0.25) is 23.6 Å². The second-order valence-electron chi connectivity index (χ2n) is 21.4. The van der Waals surface area contributed by atoms with Crippen LogP contribution in [0.25, 0.3) is 0 Å². The fourth-order valence-corrected chi connectivity index (χ4v) is 10.6. The number of benzene rings is 2. The van der Waals surface area contributed by atoms with E-state index < -0.39 is 124 Å². The van der Waals surface area contributed by atoms with Gasteiger partial charge < -0.3 is 31.5 Å². The minimum Gasteiger partial charge on any atom is -0.388 e. The molecule has 0 unspecified atom stereocenters. The molecule has 0 aliphatic rings. The Balaban J connectivity index is 1.66. The molecule has 2 aromatic carbocycles. The lowest BCUT2D eigenvalue weighted by Gasteiger charge is -2.35. The topological polar surface area (TPSA) is 251 Å². The van der Waals surface area contributed by atoms with Gasteiger partial charge in [-0.15, -0.1) is 0 Å². The molecule has 2 heterocycles. The van der Waals surface area contributed by atoms with E-state index in [1.807, 2.05) is 0 Å². The summed E-state index contributed by atoms with van der Waals surface area (Å²) in [5, 5.41) is 35.9. The minimum atomic E-state index is -3.81. The van der Waals surface area contributed by atoms with Gasteiger partial charge in [0.15, 0.2) is 19.7 Å². The van der Waals surface area contributed by atoms with Gasteiger partial charge in [-0.1, -0.05) is 88.4 Å². The van der Waals surface area contributed by atoms with Crippen LogP contribution in [0, 0.1) is 23.7 Å². The number of hydrogen-bond acceptors (Lipinski definition) is 12. The number of sulfone groups is 2. The van der Waals surface area contributed by atoms with Crippen molar-refractivity contribution in [3.05, 3.63) is 132 Å². The van der Waals surface area contributed by atoms with Gasteiger partial charge in [0.25, 0.3) is 0 Å². The summed E-state index contributed by atoms with van der Waals surface area (Å²) in [6.45, 7) is 16.2. The Morgan fingerprint density at radius 1 is 0.458 bits per heavy atom. The van der Waals surface area contributed by atoms with Gasteiger partial charge in [0, 0.05) is 24.8 Å². The first-order valence-corrected chi connectivity index (χ1v) is 27.8. The van der Waals surface area contributed by atoms with E-state index in [0.717, 1.165) is 0 Å².